The van der Waals surface area contributed by atoms with Crippen LogP contribution >= 0.6 is 0 Å². The summed E-state index contributed by atoms with van der Waals surface area (Å²) < 4.78 is 4.44. The summed E-state index contributed by atoms with van der Waals surface area (Å²) in [6.45, 7) is 10.1. The smallest absolute Gasteiger partial charge is 0.333 e. The molecule has 80 valence electrons. The van der Waals surface area contributed by atoms with Crippen LogP contribution in [0.5, 0.6) is 0 Å². The van der Waals surface area contributed by atoms with Gasteiger partial charge >= 0.3 is 5.97 Å². The number of hydrogen-bond donors (Lipinski definition) is 0. The third-order valence-electron chi connectivity index (χ3n) is 1.20. The van der Waals surface area contributed by atoms with E-state index in [1.807, 2.05) is 0 Å². The van der Waals surface area contributed by atoms with Crippen molar-refractivity contribution < 1.29 is 9.53 Å². The van der Waals surface area contributed by atoms with E-state index in [4.69, 9.17) is 5.26 Å². The predicted molar refractivity (Wildman–Crippen MR) is 60.9 cm³/mol. The van der Waals surface area contributed by atoms with Gasteiger partial charge in [-0.05, 0) is 6.42 Å². The second kappa shape index (κ2) is 11.9. The number of carbonyl (C=O) groups excluding carboxylic acids is 1. The maximum absolute atomic E-state index is 10.7. The van der Waals surface area contributed by atoms with E-state index in [2.05, 4.69) is 24.5 Å². The summed E-state index contributed by atoms with van der Waals surface area (Å²) in [5.74, 6) is -0.362. The Balaban J connectivity index is 0. The molecule has 0 aliphatic carbocycles. The molecule has 0 rings (SSSR count). The summed E-state index contributed by atoms with van der Waals surface area (Å²) in [5, 5.41) is 7.51. The van der Waals surface area contributed by atoms with Gasteiger partial charge in [-0.15, -0.1) is 0 Å². The number of methoxy groups -OCH3 is 1. The van der Waals surface area contributed by atoms with Crippen LogP contribution < -0.4 is 0 Å². The van der Waals surface area contributed by atoms with Crippen molar-refractivity contribution in [3.8, 4) is 6.07 Å². The number of rotatable bonds is 4. The Bertz CT molecular complexity index is 295. The number of nitrogens with zero attached hydrogens (tertiary/aromatic N) is 1. The topological polar surface area (TPSA) is 50.1 Å². The lowest BCUT2D eigenvalue weighted by atomic mass is 10.2. The van der Waals surface area contributed by atoms with Gasteiger partial charge in [0, 0.05) is 11.6 Å². The van der Waals surface area contributed by atoms with Crippen molar-refractivity contribution in [1.82, 2.24) is 0 Å². The molecule has 0 N–H and O–H groups in total. The summed E-state index contributed by atoms with van der Waals surface area (Å²) in [4.78, 5) is 10.7. The maximum Gasteiger partial charge on any atom is 0.333 e. The van der Waals surface area contributed by atoms with Crippen LogP contribution in [0.15, 0.2) is 49.6 Å². The molecule has 0 aromatic rings. The average Bonchev–Trinajstić information content (AvgIpc) is 2.28. The number of ether oxygens (including phenoxy) is 1. The third-order valence-corrected chi connectivity index (χ3v) is 1.20. The van der Waals surface area contributed by atoms with Gasteiger partial charge in [0.25, 0.3) is 0 Å². The van der Waals surface area contributed by atoms with E-state index in [0.29, 0.717) is 12.0 Å². The second-order valence-corrected chi connectivity index (χ2v) is 2.30. The van der Waals surface area contributed by atoms with Crippen LogP contribution in [0, 0.1) is 11.3 Å². The van der Waals surface area contributed by atoms with Crippen molar-refractivity contribution in [3.05, 3.63) is 49.6 Å². The molecule has 0 aromatic heterocycles. The molecule has 0 heterocycles. The minimum Gasteiger partial charge on any atom is -0.466 e. The van der Waals surface area contributed by atoms with Gasteiger partial charge in [0.1, 0.15) is 0 Å². The number of hydrogen-bond acceptors (Lipinski definition) is 3. The standard InChI is InChI=1S/C9H12O2.C3H3N/c1-4-5-6-7-8(2)9(10)11-3;1-2-3-4/h4-6H,1-2,7H2,3H3;2H,1H2. The van der Waals surface area contributed by atoms with E-state index < -0.39 is 0 Å². The fourth-order valence-electron chi connectivity index (χ4n) is 0.534. The molecule has 0 saturated carbocycles. The molecular formula is C12H15NO2. The molecule has 0 amide bonds. The van der Waals surface area contributed by atoms with Crippen LogP contribution in [0.4, 0.5) is 0 Å². The molecule has 0 radical (unpaired) electrons. The molecule has 0 fully saturated rings. The highest BCUT2D eigenvalue weighted by atomic mass is 16.5. The molecule has 0 saturated heterocycles. The lowest BCUT2D eigenvalue weighted by Crippen LogP contribution is -2.02. The van der Waals surface area contributed by atoms with Crippen LogP contribution in [0.25, 0.3) is 0 Å². The fourth-order valence-corrected chi connectivity index (χ4v) is 0.534. The van der Waals surface area contributed by atoms with Crippen LogP contribution in [0.3, 0.4) is 0 Å². The predicted octanol–water partition coefficient (Wildman–Crippen LogP) is 2.54. The van der Waals surface area contributed by atoms with Gasteiger partial charge in [-0.3, -0.25) is 0 Å². The first-order valence-electron chi connectivity index (χ1n) is 4.18. The Morgan fingerprint density at radius 3 is 2.40 bits per heavy atom. The molecule has 3 nitrogen and oxygen atoms in total. The first-order valence-corrected chi connectivity index (χ1v) is 4.18. The van der Waals surface area contributed by atoms with Crippen LogP contribution in [0.1, 0.15) is 6.42 Å². The second-order valence-electron chi connectivity index (χ2n) is 2.30. The highest BCUT2D eigenvalue weighted by Crippen LogP contribution is 2.00. The number of esters is 1. The molecule has 0 unspecified atom stereocenters. The summed E-state index contributed by atoms with van der Waals surface area (Å²) in [7, 11) is 1.34. The van der Waals surface area contributed by atoms with Gasteiger partial charge in [0.2, 0.25) is 0 Å². The largest absolute Gasteiger partial charge is 0.466 e. The molecule has 15 heavy (non-hydrogen) atoms. The summed E-state index contributed by atoms with van der Waals surface area (Å²) in [6, 6.07) is 1.69. The zero-order valence-corrected chi connectivity index (χ0v) is 8.90. The van der Waals surface area contributed by atoms with Crippen LogP contribution in [-0.4, -0.2) is 13.1 Å². The van der Waals surface area contributed by atoms with Crippen molar-refractivity contribution in [3.63, 3.8) is 0 Å². The van der Waals surface area contributed by atoms with Gasteiger partial charge in [0.15, 0.2) is 0 Å². The monoisotopic (exact) mass is 205 g/mol. The molecule has 0 bridgehead atoms. The Labute approximate surface area is 90.7 Å². The average molecular weight is 205 g/mol. The van der Waals surface area contributed by atoms with Crippen molar-refractivity contribution in [2.45, 2.75) is 6.42 Å². The number of carbonyl (C=O) groups is 1. The Morgan fingerprint density at radius 1 is 1.53 bits per heavy atom. The van der Waals surface area contributed by atoms with Crippen molar-refractivity contribution in [2.24, 2.45) is 0 Å². The zero-order valence-electron chi connectivity index (χ0n) is 8.90. The van der Waals surface area contributed by atoms with Gasteiger partial charge in [0.05, 0.1) is 13.2 Å². The highest BCUT2D eigenvalue weighted by Gasteiger charge is 2.02. The van der Waals surface area contributed by atoms with E-state index in [1.54, 1.807) is 24.3 Å². The number of allylic oxidation sites excluding steroid dienone is 4. The normalized spacial score (nSPS) is 8.00. The van der Waals surface area contributed by atoms with E-state index >= 15 is 0 Å². The minimum atomic E-state index is -0.362. The minimum absolute atomic E-state index is 0.362. The molecule has 0 aromatic carbocycles. The maximum atomic E-state index is 10.7. The fraction of sp³-hybridized carbons (Fsp3) is 0.167. The quantitative estimate of drug-likeness (QED) is 0.307. The summed E-state index contributed by atoms with van der Waals surface area (Å²) >= 11 is 0. The van der Waals surface area contributed by atoms with E-state index in [9.17, 15) is 4.79 Å². The molecule has 0 aliphatic heterocycles. The van der Waals surface area contributed by atoms with Gasteiger partial charge < -0.3 is 4.74 Å². The van der Waals surface area contributed by atoms with E-state index in [1.165, 1.54) is 13.2 Å². The van der Waals surface area contributed by atoms with Crippen molar-refractivity contribution in [2.75, 3.05) is 7.11 Å². The molecule has 3 heteroatoms. The Kier molecular flexibility index (Phi) is 12.2. The molecule has 0 atom stereocenters. The van der Waals surface area contributed by atoms with Crippen LogP contribution in [-0.2, 0) is 9.53 Å². The summed E-state index contributed by atoms with van der Waals surface area (Å²) in [5.41, 5.74) is 0.450. The Morgan fingerprint density at radius 2 is 2.07 bits per heavy atom. The lowest BCUT2D eigenvalue weighted by molar-refractivity contribution is -0.136. The molecule has 0 aliphatic rings. The molecule has 0 spiro atoms. The summed E-state index contributed by atoms with van der Waals surface area (Å²) in [6.07, 6.45) is 6.89. The van der Waals surface area contributed by atoms with Gasteiger partial charge in [-0.2, -0.15) is 5.26 Å². The van der Waals surface area contributed by atoms with Crippen molar-refractivity contribution in [1.29, 1.82) is 5.26 Å². The number of nitriles is 1. The van der Waals surface area contributed by atoms with Gasteiger partial charge in [-0.25, -0.2) is 4.79 Å². The molecular weight excluding hydrogens is 190 g/mol. The van der Waals surface area contributed by atoms with Crippen LogP contribution in [0.2, 0.25) is 0 Å². The SMILES string of the molecule is C=CC#N.C=CC=CCC(=C)C(=O)OC. The van der Waals surface area contributed by atoms with E-state index in [0.717, 1.165) is 0 Å². The van der Waals surface area contributed by atoms with Gasteiger partial charge in [-0.1, -0.05) is 38.0 Å². The lowest BCUT2D eigenvalue weighted by Gasteiger charge is -1.97. The zero-order chi connectivity index (χ0) is 12.1. The highest BCUT2D eigenvalue weighted by molar-refractivity contribution is 5.87. The Hall–Kier alpha value is -2.08. The first kappa shape index (κ1) is 15.4. The van der Waals surface area contributed by atoms with Crippen molar-refractivity contribution >= 4 is 5.97 Å². The van der Waals surface area contributed by atoms with E-state index in [-0.39, 0.29) is 5.97 Å². The first-order chi connectivity index (χ1) is 7.13. The third kappa shape index (κ3) is 11.9.